The van der Waals surface area contributed by atoms with Crippen molar-refractivity contribution in [3.63, 3.8) is 0 Å². The summed E-state index contributed by atoms with van der Waals surface area (Å²) >= 11 is 0. The Bertz CT molecular complexity index is 132. The molecule has 11 heavy (non-hydrogen) atoms. The van der Waals surface area contributed by atoms with Crippen molar-refractivity contribution >= 4 is 0 Å². The Morgan fingerprint density at radius 2 is 2.27 bits per heavy atom. The van der Waals surface area contributed by atoms with Crippen LogP contribution in [0.2, 0.25) is 0 Å². The van der Waals surface area contributed by atoms with Gasteiger partial charge in [-0.15, -0.1) is 0 Å². The van der Waals surface area contributed by atoms with Crippen molar-refractivity contribution in [3.05, 3.63) is 0 Å². The Morgan fingerprint density at radius 1 is 1.36 bits per heavy atom. The topological polar surface area (TPSA) is 15.3 Å². The molecule has 0 spiro atoms. The van der Waals surface area contributed by atoms with Gasteiger partial charge in [0.15, 0.2) is 0 Å². The average molecular weight is 154 g/mol. The van der Waals surface area contributed by atoms with Crippen molar-refractivity contribution in [1.82, 2.24) is 10.2 Å². The van der Waals surface area contributed by atoms with Crippen LogP contribution >= 0.6 is 0 Å². The van der Waals surface area contributed by atoms with Gasteiger partial charge in [-0.3, -0.25) is 4.90 Å². The third-order valence-electron chi connectivity index (χ3n) is 3.14. The summed E-state index contributed by atoms with van der Waals surface area (Å²) in [5.74, 6) is 0. The van der Waals surface area contributed by atoms with Crippen LogP contribution in [0.3, 0.4) is 0 Å². The zero-order chi connectivity index (χ0) is 7.68. The van der Waals surface area contributed by atoms with Gasteiger partial charge in [-0.05, 0) is 32.4 Å². The molecule has 0 saturated carbocycles. The zero-order valence-corrected chi connectivity index (χ0v) is 7.34. The molecule has 0 amide bonds. The maximum atomic E-state index is 3.60. The molecule has 3 fully saturated rings. The van der Waals surface area contributed by atoms with Gasteiger partial charge < -0.3 is 5.32 Å². The molecule has 0 aromatic rings. The van der Waals surface area contributed by atoms with Crippen molar-refractivity contribution < 1.29 is 0 Å². The number of piperidine rings is 1. The maximum absolute atomic E-state index is 3.60. The summed E-state index contributed by atoms with van der Waals surface area (Å²) in [5, 5.41) is 3.60. The van der Waals surface area contributed by atoms with Crippen molar-refractivity contribution in [2.24, 2.45) is 0 Å². The van der Waals surface area contributed by atoms with E-state index in [2.05, 4.69) is 17.1 Å². The van der Waals surface area contributed by atoms with Gasteiger partial charge in [-0.1, -0.05) is 6.92 Å². The first kappa shape index (κ1) is 7.56. The number of nitrogens with zero attached hydrogens (tertiary/aromatic N) is 1. The first-order chi connectivity index (χ1) is 5.40. The van der Waals surface area contributed by atoms with Gasteiger partial charge in [0.05, 0.1) is 0 Å². The van der Waals surface area contributed by atoms with E-state index in [4.69, 9.17) is 0 Å². The van der Waals surface area contributed by atoms with Crippen LogP contribution < -0.4 is 5.32 Å². The fourth-order valence-electron chi connectivity index (χ4n) is 2.43. The third-order valence-corrected chi connectivity index (χ3v) is 3.14. The van der Waals surface area contributed by atoms with E-state index >= 15 is 0 Å². The van der Waals surface area contributed by atoms with E-state index in [0.717, 1.165) is 12.1 Å². The number of rotatable bonds is 1. The largest absolute Gasteiger partial charge is 0.313 e. The third kappa shape index (κ3) is 1.42. The average Bonchev–Trinajstić information content (AvgIpc) is 2.37. The molecule has 3 saturated heterocycles. The smallest absolute Gasteiger partial charge is 0.0195 e. The quantitative estimate of drug-likeness (QED) is 0.602. The summed E-state index contributed by atoms with van der Waals surface area (Å²) < 4.78 is 0. The molecule has 0 radical (unpaired) electrons. The van der Waals surface area contributed by atoms with Crippen molar-refractivity contribution in [1.29, 1.82) is 0 Å². The lowest BCUT2D eigenvalue weighted by molar-refractivity contribution is 0.151. The lowest BCUT2D eigenvalue weighted by Crippen LogP contribution is -2.45. The SMILES string of the molecule is CCN1CC2CCC1CCN2. The van der Waals surface area contributed by atoms with E-state index in [1.165, 1.54) is 38.9 Å². The van der Waals surface area contributed by atoms with Gasteiger partial charge in [0.2, 0.25) is 0 Å². The highest BCUT2D eigenvalue weighted by molar-refractivity contribution is 4.88. The van der Waals surface area contributed by atoms with Crippen molar-refractivity contribution in [3.8, 4) is 0 Å². The Hall–Kier alpha value is -0.0800. The summed E-state index contributed by atoms with van der Waals surface area (Å²) in [4.78, 5) is 2.63. The monoisotopic (exact) mass is 154 g/mol. The van der Waals surface area contributed by atoms with Gasteiger partial charge in [0, 0.05) is 18.6 Å². The fraction of sp³-hybridized carbons (Fsp3) is 1.00. The first-order valence-electron chi connectivity index (χ1n) is 4.87. The van der Waals surface area contributed by atoms with Crippen LogP contribution in [0.15, 0.2) is 0 Å². The Kier molecular flexibility index (Phi) is 2.14. The second-order valence-corrected chi connectivity index (χ2v) is 3.76. The minimum absolute atomic E-state index is 0.800. The molecule has 2 bridgehead atoms. The Morgan fingerprint density at radius 3 is 3.09 bits per heavy atom. The molecular formula is C9H18N2. The molecule has 0 aromatic heterocycles. The number of hydrogen-bond donors (Lipinski definition) is 1. The molecule has 3 rings (SSSR count). The molecule has 3 aliphatic rings. The molecule has 1 N–H and O–H groups in total. The van der Waals surface area contributed by atoms with E-state index in [0.29, 0.717) is 0 Å². The molecule has 2 unspecified atom stereocenters. The van der Waals surface area contributed by atoms with E-state index in [1.807, 2.05) is 0 Å². The lowest BCUT2D eigenvalue weighted by Gasteiger charge is -2.35. The van der Waals surface area contributed by atoms with Crippen molar-refractivity contribution in [2.45, 2.75) is 38.3 Å². The molecule has 2 atom stereocenters. The minimum atomic E-state index is 0.800. The number of likely N-dealkylation sites (N-methyl/N-ethyl adjacent to an activating group) is 1. The van der Waals surface area contributed by atoms with Gasteiger partial charge in [-0.25, -0.2) is 0 Å². The molecule has 2 nitrogen and oxygen atoms in total. The van der Waals surface area contributed by atoms with Crippen LogP contribution in [0.1, 0.15) is 26.2 Å². The number of hydrogen-bond acceptors (Lipinski definition) is 2. The molecule has 3 aliphatic heterocycles. The van der Waals surface area contributed by atoms with E-state index in [9.17, 15) is 0 Å². The van der Waals surface area contributed by atoms with Crippen LogP contribution in [-0.2, 0) is 0 Å². The van der Waals surface area contributed by atoms with Crippen LogP contribution in [0, 0.1) is 0 Å². The molecule has 64 valence electrons. The van der Waals surface area contributed by atoms with E-state index in [-0.39, 0.29) is 0 Å². The Labute approximate surface area is 69.0 Å². The summed E-state index contributed by atoms with van der Waals surface area (Å²) in [6, 6.07) is 1.69. The van der Waals surface area contributed by atoms with Gasteiger partial charge in [-0.2, -0.15) is 0 Å². The highest BCUT2D eigenvalue weighted by Crippen LogP contribution is 2.22. The predicted molar refractivity (Wildman–Crippen MR) is 46.7 cm³/mol. The summed E-state index contributed by atoms with van der Waals surface area (Å²) in [6.45, 7) is 6.05. The molecular weight excluding hydrogens is 136 g/mol. The highest BCUT2D eigenvalue weighted by Gasteiger charge is 2.29. The first-order valence-corrected chi connectivity index (χ1v) is 4.87. The van der Waals surface area contributed by atoms with Crippen LogP contribution in [0.5, 0.6) is 0 Å². The normalized spacial score (nSPS) is 39.0. The second-order valence-electron chi connectivity index (χ2n) is 3.76. The van der Waals surface area contributed by atoms with Gasteiger partial charge in [0.25, 0.3) is 0 Å². The fourth-order valence-corrected chi connectivity index (χ4v) is 2.43. The predicted octanol–water partition coefficient (Wildman–Crippen LogP) is 0.833. The highest BCUT2D eigenvalue weighted by atomic mass is 15.2. The number of nitrogens with one attached hydrogen (secondary N) is 1. The second kappa shape index (κ2) is 3.11. The molecule has 3 heterocycles. The standard InChI is InChI=1S/C9H18N2/c1-2-11-7-8-3-4-9(11)5-6-10-8/h8-10H,2-7H2,1H3. The summed E-state index contributed by atoms with van der Waals surface area (Å²) in [6.07, 6.45) is 4.19. The number of fused-ring (bicyclic) bond motifs is 4. The van der Waals surface area contributed by atoms with Gasteiger partial charge in [0.1, 0.15) is 0 Å². The Balaban J connectivity index is 2.04. The van der Waals surface area contributed by atoms with E-state index < -0.39 is 0 Å². The lowest BCUT2D eigenvalue weighted by atomic mass is 9.99. The minimum Gasteiger partial charge on any atom is -0.313 e. The van der Waals surface area contributed by atoms with Crippen LogP contribution in [0.4, 0.5) is 0 Å². The molecule has 0 aliphatic carbocycles. The summed E-state index contributed by atoms with van der Waals surface area (Å²) in [5.41, 5.74) is 0. The summed E-state index contributed by atoms with van der Waals surface area (Å²) in [7, 11) is 0. The van der Waals surface area contributed by atoms with E-state index in [1.54, 1.807) is 0 Å². The van der Waals surface area contributed by atoms with Crippen LogP contribution in [0.25, 0.3) is 0 Å². The molecule has 2 heteroatoms. The zero-order valence-electron chi connectivity index (χ0n) is 7.34. The van der Waals surface area contributed by atoms with Crippen LogP contribution in [-0.4, -0.2) is 36.6 Å². The van der Waals surface area contributed by atoms with Crippen molar-refractivity contribution in [2.75, 3.05) is 19.6 Å². The molecule has 0 aromatic carbocycles. The van der Waals surface area contributed by atoms with Gasteiger partial charge >= 0.3 is 0 Å². The maximum Gasteiger partial charge on any atom is 0.0195 e.